The fourth-order valence-electron chi connectivity index (χ4n) is 3.66. The van der Waals surface area contributed by atoms with E-state index in [1.54, 1.807) is 7.11 Å². The predicted octanol–water partition coefficient (Wildman–Crippen LogP) is 2.84. The summed E-state index contributed by atoms with van der Waals surface area (Å²) in [5.74, 6) is 1.20. The highest BCUT2D eigenvalue weighted by atomic mass is 16.5. The number of methoxy groups -OCH3 is 1. The van der Waals surface area contributed by atoms with Crippen molar-refractivity contribution < 1.29 is 9.53 Å². The van der Waals surface area contributed by atoms with Gasteiger partial charge in [0.25, 0.3) is 0 Å². The summed E-state index contributed by atoms with van der Waals surface area (Å²) in [4.78, 5) is 16.9. The smallest absolute Gasteiger partial charge is 0.236 e. The van der Waals surface area contributed by atoms with Gasteiger partial charge in [-0.25, -0.2) is 0 Å². The van der Waals surface area contributed by atoms with Crippen molar-refractivity contribution in [3.63, 3.8) is 0 Å². The maximum atomic E-state index is 12.5. The van der Waals surface area contributed by atoms with Crippen molar-refractivity contribution >= 4 is 5.91 Å². The van der Waals surface area contributed by atoms with Gasteiger partial charge in [0.15, 0.2) is 0 Å². The normalized spacial score (nSPS) is 22.8. The molecule has 3 rings (SSSR count). The molecule has 0 spiro atoms. The fraction of sp³-hybridized carbons (Fsp3) is 0.611. The summed E-state index contributed by atoms with van der Waals surface area (Å²) in [6.07, 6.45) is 5.87. The average molecular weight is 302 g/mol. The van der Waals surface area contributed by atoms with Crippen molar-refractivity contribution in [2.24, 2.45) is 0 Å². The topological polar surface area (TPSA) is 32.8 Å². The highest BCUT2D eigenvalue weighted by Crippen LogP contribution is 2.33. The van der Waals surface area contributed by atoms with Crippen molar-refractivity contribution in [1.82, 2.24) is 9.80 Å². The number of carbonyl (C=O) groups excluding carboxylic acids is 1. The van der Waals surface area contributed by atoms with Crippen LogP contribution in [-0.2, 0) is 4.79 Å². The van der Waals surface area contributed by atoms with Gasteiger partial charge in [0, 0.05) is 19.1 Å². The molecule has 2 aliphatic rings. The Labute approximate surface area is 133 Å². The molecule has 1 atom stereocenters. The third kappa shape index (κ3) is 3.43. The molecule has 120 valence electrons. The highest BCUT2D eigenvalue weighted by Gasteiger charge is 2.29. The van der Waals surface area contributed by atoms with Crippen LogP contribution in [0.15, 0.2) is 24.3 Å². The Morgan fingerprint density at radius 2 is 2.00 bits per heavy atom. The van der Waals surface area contributed by atoms with Crippen LogP contribution in [0.5, 0.6) is 5.75 Å². The third-order valence-electron chi connectivity index (χ3n) is 4.89. The van der Waals surface area contributed by atoms with E-state index in [9.17, 15) is 4.79 Å². The number of amides is 1. The van der Waals surface area contributed by atoms with E-state index < -0.39 is 0 Å². The molecule has 0 aliphatic carbocycles. The largest absolute Gasteiger partial charge is 0.497 e. The zero-order valence-corrected chi connectivity index (χ0v) is 13.5. The summed E-state index contributed by atoms with van der Waals surface area (Å²) in [6.45, 7) is 3.45. The van der Waals surface area contributed by atoms with Crippen LogP contribution >= 0.6 is 0 Å². The molecule has 0 bridgehead atoms. The van der Waals surface area contributed by atoms with Gasteiger partial charge in [-0.2, -0.15) is 0 Å². The van der Waals surface area contributed by atoms with E-state index in [4.69, 9.17) is 4.74 Å². The van der Waals surface area contributed by atoms with Gasteiger partial charge in [-0.1, -0.05) is 12.1 Å². The number of benzene rings is 1. The maximum absolute atomic E-state index is 12.5. The molecule has 0 radical (unpaired) electrons. The number of piperidine rings is 1. The Morgan fingerprint density at radius 1 is 1.18 bits per heavy atom. The molecule has 2 aliphatic heterocycles. The number of carbonyl (C=O) groups is 1. The average Bonchev–Trinajstić information content (AvgIpc) is 3.04. The second-order valence-corrected chi connectivity index (χ2v) is 6.35. The molecule has 22 heavy (non-hydrogen) atoms. The lowest BCUT2D eigenvalue weighted by atomic mass is 10.0. The van der Waals surface area contributed by atoms with E-state index in [1.807, 2.05) is 17.0 Å². The summed E-state index contributed by atoms with van der Waals surface area (Å²) in [6, 6.07) is 8.62. The van der Waals surface area contributed by atoms with Crippen LogP contribution in [0.4, 0.5) is 0 Å². The molecule has 1 aromatic rings. The van der Waals surface area contributed by atoms with Gasteiger partial charge in [0.05, 0.1) is 13.7 Å². The quantitative estimate of drug-likeness (QED) is 0.857. The Morgan fingerprint density at radius 3 is 2.77 bits per heavy atom. The van der Waals surface area contributed by atoms with Crippen molar-refractivity contribution in [1.29, 1.82) is 0 Å². The molecular formula is C18H26N2O2. The minimum Gasteiger partial charge on any atom is -0.497 e. The van der Waals surface area contributed by atoms with Crippen LogP contribution < -0.4 is 4.74 Å². The van der Waals surface area contributed by atoms with Crippen LogP contribution in [-0.4, -0.2) is 49.0 Å². The third-order valence-corrected chi connectivity index (χ3v) is 4.89. The summed E-state index contributed by atoms with van der Waals surface area (Å²) in [7, 11) is 1.70. The van der Waals surface area contributed by atoms with Gasteiger partial charge in [-0.3, -0.25) is 9.69 Å². The van der Waals surface area contributed by atoms with E-state index in [0.29, 0.717) is 18.5 Å². The maximum Gasteiger partial charge on any atom is 0.236 e. The van der Waals surface area contributed by atoms with Gasteiger partial charge >= 0.3 is 0 Å². The molecule has 2 heterocycles. The van der Waals surface area contributed by atoms with Gasteiger partial charge < -0.3 is 9.64 Å². The molecule has 1 aromatic carbocycles. The minimum absolute atomic E-state index is 0.300. The van der Waals surface area contributed by atoms with E-state index in [-0.39, 0.29) is 0 Å². The van der Waals surface area contributed by atoms with Gasteiger partial charge in [0.1, 0.15) is 5.75 Å². The Kier molecular flexibility index (Phi) is 4.98. The predicted molar refractivity (Wildman–Crippen MR) is 87.0 cm³/mol. The fourth-order valence-corrected chi connectivity index (χ4v) is 3.66. The van der Waals surface area contributed by atoms with Crippen LogP contribution in [0.3, 0.4) is 0 Å². The number of ether oxygens (including phenoxy) is 1. The first-order valence-corrected chi connectivity index (χ1v) is 8.44. The van der Waals surface area contributed by atoms with Crippen LogP contribution in [0, 0.1) is 0 Å². The molecule has 0 N–H and O–H groups in total. The number of rotatable bonds is 4. The molecule has 0 saturated carbocycles. The lowest BCUT2D eigenvalue weighted by molar-refractivity contribution is -0.133. The van der Waals surface area contributed by atoms with Crippen molar-refractivity contribution in [3.8, 4) is 5.75 Å². The van der Waals surface area contributed by atoms with Crippen LogP contribution in [0.1, 0.15) is 43.7 Å². The SMILES string of the molecule is COc1cccc([C@@H]2CCCN2CC(=O)N2CCCCC2)c1. The first-order chi connectivity index (χ1) is 10.8. The van der Waals surface area contributed by atoms with Crippen molar-refractivity contribution in [2.45, 2.75) is 38.1 Å². The lowest BCUT2D eigenvalue weighted by Crippen LogP contribution is -2.42. The monoisotopic (exact) mass is 302 g/mol. The molecule has 1 amide bonds. The van der Waals surface area contributed by atoms with Crippen molar-refractivity contribution in [2.75, 3.05) is 33.3 Å². The van der Waals surface area contributed by atoms with E-state index in [1.165, 1.54) is 12.0 Å². The molecule has 4 nitrogen and oxygen atoms in total. The minimum atomic E-state index is 0.300. The van der Waals surface area contributed by atoms with Crippen LogP contribution in [0.2, 0.25) is 0 Å². The first kappa shape index (κ1) is 15.3. The summed E-state index contributed by atoms with van der Waals surface area (Å²) < 4.78 is 5.33. The zero-order valence-electron chi connectivity index (χ0n) is 13.5. The first-order valence-electron chi connectivity index (χ1n) is 8.44. The Balaban J connectivity index is 1.66. The number of nitrogens with zero attached hydrogens (tertiary/aromatic N) is 2. The van der Waals surface area contributed by atoms with E-state index in [2.05, 4.69) is 17.0 Å². The summed E-state index contributed by atoms with van der Waals surface area (Å²) in [5.41, 5.74) is 1.27. The number of hydrogen-bond donors (Lipinski definition) is 0. The van der Waals surface area contributed by atoms with Crippen LogP contribution in [0.25, 0.3) is 0 Å². The van der Waals surface area contributed by atoms with Gasteiger partial charge in [0.2, 0.25) is 5.91 Å². The number of hydrogen-bond acceptors (Lipinski definition) is 3. The second-order valence-electron chi connectivity index (χ2n) is 6.35. The van der Waals surface area contributed by atoms with E-state index >= 15 is 0 Å². The second kappa shape index (κ2) is 7.14. The molecule has 2 fully saturated rings. The standard InChI is InChI=1S/C18H26N2O2/c1-22-16-8-5-7-15(13-16)17-9-6-12-20(17)14-18(21)19-10-3-2-4-11-19/h5,7-8,13,17H,2-4,6,9-12,14H2,1H3/t17-/m0/s1. The molecule has 0 aromatic heterocycles. The Hall–Kier alpha value is -1.55. The van der Waals surface area contributed by atoms with E-state index in [0.717, 1.165) is 51.1 Å². The van der Waals surface area contributed by atoms with Gasteiger partial charge in [-0.15, -0.1) is 0 Å². The zero-order chi connectivity index (χ0) is 15.4. The molecule has 4 heteroatoms. The summed E-state index contributed by atoms with van der Waals surface area (Å²) >= 11 is 0. The molecule has 2 saturated heterocycles. The van der Waals surface area contributed by atoms with Crippen molar-refractivity contribution in [3.05, 3.63) is 29.8 Å². The molecule has 0 unspecified atom stereocenters. The summed E-state index contributed by atoms with van der Waals surface area (Å²) in [5, 5.41) is 0. The highest BCUT2D eigenvalue weighted by molar-refractivity contribution is 5.78. The Bertz CT molecular complexity index is 512. The molecular weight excluding hydrogens is 276 g/mol. The lowest BCUT2D eigenvalue weighted by Gasteiger charge is -2.31. The number of likely N-dealkylation sites (tertiary alicyclic amines) is 2. The van der Waals surface area contributed by atoms with Gasteiger partial charge in [-0.05, 0) is 56.3 Å².